The van der Waals surface area contributed by atoms with Crippen LogP contribution in [0.5, 0.6) is 0 Å². The third-order valence-corrected chi connectivity index (χ3v) is 3.60. The first-order valence-corrected chi connectivity index (χ1v) is 7.35. The minimum absolute atomic E-state index is 0. The smallest absolute Gasteiger partial charge is 0.240 e. The Labute approximate surface area is 132 Å². The van der Waals surface area contributed by atoms with Crippen molar-refractivity contribution in [2.45, 2.75) is 18.7 Å². The van der Waals surface area contributed by atoms with Gasteiger partial charge in [0.1, 0.15) is 0 Å². The van der Waals surface area contributed by atoms with Gasteiger partial charge >= 0.3 is 0 Å². The predicted molar refractivity (Wildman–Crippen MR) is 74.9 cm³/mol. The van der Waals surface area contributed by atoms with Crippen LogP contribution in [0, 0.1) is 0 Å². The molecule has 20 heavy (non-hydrogen) atoms. The van der Waals surface area contributed by atoms with Gasteiger partial charge in [-0.15, -0.1) is 0 Å². The summed E-state index contributed by atoms with van der Waals surface area (Å²) < 4.78 is 25.2. The summed E-state index contributed by atoms with van der Waals surface area (Å²) in [6, 6.07) is 8.09. The summed E-state index contributed by atoms with van der Waals surface area (Å²) in [7, 11) is -2.01. The van der Waals surface area contributed by atoms with Crippen LogP contribution in [-0.2, 0) is 29.5 Å². The van der Waals surface area contributed by atoms with Gasteiger partial charge in [0.15, 0.2) is 0 Å². The number of hydrogen-bond donors (Lipinski definition) is 2. The molecule has 1 aromatic heterocycles. The molecule has 113 valence electrons. The van der Waals surface area contributed by atoms with E-state index in [1.54, 1.807) is 24.4 Å². The van der Waals surface area contributed by atoms with E-state index in [0.29, 0.717) is 5.82 Å². The number of benzene rings is 1. The van der Waals surface area contributed by atoms with Gasteiger partial charge in [-0.05, 0) is 36.8 Å². The maximum Gasteiger partial charge on any atom is 0.240 e. The van der Waals surface area contributed by atoms with Crippen LogP contribution in [-0.4, -0.2) is 20.6 Å². The first kappa shape index (κ1) is 18.8. The maximum atomic E-state index is 11.5. The second-order valence-electron chi connectivity index (χ2n) is 3.27. The van der Waals surface area contributed by atoms with Gasteiger partial charge in [-0.1, -0.05) is 26.0 Å². The van der Waals surface area contributed by atoms with Crippen LogP contribution in [0.25, 0.3) is 0 Å². The molecule has 0 bridgehead atoms. The van der Waals surface area contributed by atoms with Crippen LogP contribution in [0.2, 0.25) is 0 Å². The molecular weight excluding hydrogens is 367 g/mol. The van der Waals surface area contributed by atoms with Gasteiger partial charge in [-0.25, -0.2) is 13.1 Å². The summed E-state index contributed by atoms with van der Waals surface area (Å²) in [5, 5.41) is 10.5. The monoisotopic (exact) mass is 384 g/mol. The molecule has 0 aliphatic rings. The Balaban J connectivity index is 0.00000115. The molecule has 0 aliphatic heterocycles. The average molecular weight is 384 g/mol. The molecule has 0 spiro atoms. The molecule has 0 saturated carbocycles. The standard InChI is InChI=1S/C10H11N4O2S.C2H6.Rh/c1-11-17(15,16)9-4-2-8(3-5-9)13-10-6-7-12-14-10;1-2;/h2-7,11H,1H3,(H-,12,13,14);1-2H3;/q-1;;. The third-order valence-electron chi connectivity index (χ3n) is 2.17. The van der Waals surface area contributed by atoms with E-state index in [4.69, 9.17) is 0 Å². The summed E-state index contributed by atoms with van der Waals surface area (Å²) >= 11 is 0. The average Bonchev–Trinajstić information content (AvgIpc) is 2.94. The molecule has 2 N–H and O–H groups in total. The number of aromatic nitrogens is 2. The van der Waals surface area contributed by atoms with Gasteiger partial charge in [0.05, 0.1) is 4.90 Å². The van der Waals surface area contributed by atoms with Crippen molar-refractivity contribution in [3.05, 3.63) is 36.5 Å². The SMILES string of the molecule is CC.CNS(=O)(=O)c1ccc(Nc2ccn[n-]2)cc1.[Rh]. The van der Waals surface area contributed by atoms with E-state index >= 15 is 0 Å². The summed E-state index contributed by atoms with van der Waals surface area (Å²) in [5.41, 5.74) is 0.751. The Hall–Kier alpha value is -1.24. The van der Waals surface area contributed by atoms with Crippen LogP contribution < -0.4 is 15.1 Å². The zero-order valence-electron chi connectivity index (χ0n) is 11.4. The number of nitrogens with zero attached hydrogens (tertiary/aromatic N) is 2. The first-order chi connectivity index (χ1) is 9.12. The normalized spacial score (nSPS) is 9.95. The Bertz CT molecular complexity index is 582. The molecular formula is C12H17N4O2RhS-. The number of nitrogens with one attached hydrogen (secondary N) is 2. The Kier molecular flexibility index (Phi) is 8.29. The van der Waals surface area contributed by atoms with E-state index < -0.39 is 10.0 Å². The number of rotatable bonds is 4. The molecule has 8 heteroatoms. The molecule has 1 heterocycles. The minimum Gasteiger partial charge on any atom is -0.456 e. The summed E-state index contributed by atoms with van der Waals surface area (Å²) in [6.45, 7) is 4.00. The molecule has 1 radical (unpaired) electrons. The first-order valence-electron chi connectivity index (χ1n) is 5.87. The van der Waals surface area contributed by atoms with Crippen LogP contribution in [0.1, 0.15) is 13.8 Å². The molecule has 0 saturated heterocycles. The zero-order chi connectivity index (χ0) is 14.3. The number of anilines is 2. The molecule has 0 fully saturated rings. The fourth-order valence-corrected chi connectivity index (χ4v) is 2.01. The van der Waals surface area contributed by atoms with Gasteiger partial charge in [-0.2, -0.15) is 0 Å². The molecule has 0 aliphatic carbocycles. The second-order valence-corrected chi connectivity index (χ2v) is 5.16. The van der Waals surface area contributed by atoms with Crippen LogP contribution in [0.15, 0.2) is 41.4 Å². The maximum absolute atomic E-state index is 11.5. The number of sulfonamides is 1. The fraction of sp³-hybridized carbons (Fsp3) is 0.250. The van der Waals surface area contributed by atoms with E-state index in [1.165, 1.54) is 19.2 Å². The van der Waals surface area contributed by atoms with Crippen LogP contribution >= 0.6 is 0 Å². The van der Waals surface area contributed by atoms with Crippen molar-refractivity contribution in [3.63, 3.8) is 0 Å². The molecule has 0 amide bonds. The molecule has 0 atom stereocenters. The minimum atomic E-state index is -3.38. The van der Waals surface area contributed by atoms with Crippen LogP contribution in [0.4, 0.5) is 11.5 Å². The molecule has 0 unspecified atom stereocenters. The Morgan fingerprint density at radius 2 is 1.70 bits per heavy atom. The van der Waals surface area contributed by atoms with Crippen molar-refractivity contribution < 1.29 is 27.9 Å². The van der Waals surface area contributed by atoms with E-state index in [2.05, 4.69) is 20.2 Å². The van der Waals surface area contributed by atoms with Crippen molar-refractivity contribution in [2.75, 3.05) is 12.4 Å². The van der Waals surface area contributed by atoms with Crippen molar-refractivity contribution in [2.24, 2.45) is 0 Å². The fourth-order valence-electron chi connectivity index (χ4n) is 1.28. The summed E-state index contributed by atoms with van der Waals surface area (Å²) in [4.78, 5) is 0.221. The summed E-state index contributed by atoms with van der Waals surface area (Å²) in [5.74, 6) is 0.620. The topological polar surface area (TPSA) is 85.2 Å². The second kappa shape index (κ2) is 8.84. The van der Waals surface area contributed by atoms with E-state index in [-0.39, 0.29) is 24.4 Å². The quantitative estimate of drug-likeness (QED) is 0.785. The largest absolute Gasteiger partial charge is 0.456 e. The Morgan fingerprint density at radius 3 is 2.15 bits per heavy atom. The van der Waals surface area contributed by atoms with E-state index in [1.807, 2.05) is 13.8 Å². The van der Waals surface area contributed by atoms with E-state index in [9.17, 15) is 8.42 Å². The van der Waals surface area contributed by atoms with Crippen molar-refractivity contribution in [3.8, 4) is 0 Å². The van der Waals surface area contributed by atoms with Gasteiger partial charge in [0.2, 0.25) is 10.0 Å². The van der Waals surface area contributed by atoms with E-state index in [0.717, 1.165) is 5.69 Å². The van der Waals surface area contributed by atoms with Crippen molar-refractivity contribution in [1.82, 2.24) is 14.9 Å². The van der Waals surface area contributed by atoms with Gasteiger partial charge in [-0.3, -0.25) is 5.10 Å². The number of hydrogen-bond acceptors (Lipinski definition) is 4. The van der Waals surface area contributed by atoms with Crippen molar-refractivity contribution >= 4 is 21.5 Å². The molecule has 1 aromatic carbocycles. The van der Waals surface area contributed by atoms with Gasteiger partial charge in [0.25, 0.3) is 0 Å². The van der Waals surface area contributed by atoms with Crippen LogP contribution in [0.3, 0.4) is 0 Å². The Morgan fingerprint density at radius 1 is 1.10 bits per heavy atom. The zero-order valence-corrected chi connectivity index (χ0v) is 13.9. The molecule has 6 nitrogen and oxygen atoms in total. The molecule has 2 rings (SSSR count). The summed E-state index contributed by atoms with van der Waals surface area (Å²) in [6.07, 6.45) is 1.57. The van der Waals surface area contributed by atoms with Gasteiger partial charge in [0, 0.05) is 25.7 Å². The van der Waals surface area contributed by atoms with Crippen molar-refractivity contribution in [1.29, 1.82) is 0 Å². The van der Waals surface area contributed by atoms with Gasteiger partial charge < -0.3 is 10.4 Å². The molecule has 2 aromatic rings. The predicted octanol–water partition coefficient (Wildman–Crippen LogP) is 1.71. The third kappa shape index (κ3) is 5.03.